The van der Waals surface area contributed by atoms with Gasteiger partial charge in [-0.05, 0) is 55.5 Å². The van der Waals surface area contributed by atoms with Crippen LogP contribution in [0, 0.1) is 0 Å². The number of hydrogen-bond donors (Lipinski definition) is 2. The number of hydrogen-bond acceptors (Lipinski definition) is 7. The Bertz CT molecular complexity index is 1310. The van der Waals surface area contributed by atoms with Gasteiger partial charge in [0, 0.05) is 51.3 Å². The molecular formula is C30H36N4O6. The van der Waals surface area contributed by atoms with Crippen molar-refractivity contribution >= 4 is 23.8 Å². The number of carbonyl (C=O) groups excluding carboxylic acids is 4. The van der Waals surface area contributed by atoms with Gasteiger partial charge in [0.15, 0.2) is 0 Å². The highest BCUT2D eigenvalue weighted by atomic mass is 16.6. The van der Waals surface area contributed by atoms with E-state index < -0.39 is 23.7 Å². The SMILES string of the molecule is CC(C)(C)OC(=O)N1CCN(Cc2ccc(C(O)c3cccc4c3CN(C3CCC(=O)NC3=O)C4=O)cc2)CC1. The summed E-state index contributed by atoms with van der Waals surface area (Å²) in [5.41, 5.74) is 3.10. The summed E-state index contributed by atoms with van der Waals surface area (Å²) in [6.45, 7) is 9.25. The third-order valence-electron chi connectivity index (χ3n) is 7.64. The van der Waals surface area contributed by atoms with Gasteiger partial charge in [0.25, 0.3) is 5.91 Å². The van der Waals surface area contributed by atoms with Gasteiger partial charge >= 0.3 is 6.09 Å². The van der Waals surface area contributed by atoms with Crippen molar-refractivity contribution in [3.05, 3.63) is 70.3 Å². The lowest BCUT2D eigenvalue weighted by Crippen LogP contribution is -2.52. The van der Waals surface area contributed by atoms with Gasteiger partial charge in [-0.3, -0.25) is 24.6 Å². The van der Waals surface area contributed by atoms with Crippen LogP contribution in [0.1, 0.15) is 72.3 Å². The standard InChI is InChI=1S/C30H36N4O6/c1-30(2,3)40-29(39)33-15-13-32(14-16-33)17-19-7-9-20(10-8-19)26(36)21-5-4-6-22-23(21)18-34(28(22)38)24-11-12-25(35)31-27(24)37/h4-10,24,26,36H,11-18H2,1-3H3,(H,31,35,37). The molecule has 10 heteroatoms. The lowest BCUT2D eigenvalue weighted by atomic mass is 9.94. The summed E-state index contributed by atoms with van der Waals surface area (Å²) in [5.74, 6) is -1.05. The number of amides is 4. The number of nitrogens with one attached hydrogen (secondary N) is 1. The molecule has 5 rings (SSSR count). The van der Waals surface area contributed by atoms with Crippen LogP contribution >= 0.6 is 0 Å². The summed E-state index contributed by atoms with van der Waals surface area (Å²) in [6, 6.07) is 12.3. The number of fused-ring (bicyclic) bond motifs is 1. The van der Waals surface area contributed by atoms with Crippen LogP contribution in [0.2, 0.25) is 0 Å². The van der Waals surface area contributed by atoms with Crippen LogP contribution in [0.3, 0.4) is 0 Å². The molecule has 0 radical (unpaired) electrons. The van der Waals surface area contributed by atoms with Crippen LogP contribution in [0.25, 0.3) is 0 Å². The minimum atomic E-state index is -0.934. The maximum Gasteiger partial charge on any atom is 0.410 e. The summed E-state index contributed by atoms with van der Waals surface area (Å²) in [6.07, 6.45) is -0.729. The van der Waals surface area contributed by atoms with E-state index in [1.165, 1.54) is 4.90 Å². The number of imide groups is 1. The zero-order chi connectivity index (χ0) is 28.6. The molecule has 0 aliphatic carbocycles. The lowest BCUT2D eigenvalue weighted by molar-refractivity contribution is -0.136. The Morgan fingerprint density at radius 2 is 1.75 bits per heavy atom. The molecule has 3 aliphatic heterocycles. The highest BCUT2D eigenvalue weighted by Crippen LogP contribution is 2.34. The highest BCUT2D eigenvalue weighted by molar-refractivity contribution is 6.05. The first-order valence-corrected chi connectivity index (χ1v) is 13.7. The smallest absolute Gasteiger partial charge is 0.410 e. The number of rotatable bonds is 5. The van der Waals surface area contributed by atoms with Crippen molar-refractivity contribution in [2.75, 3.05) is 26.2 Å². The van der Waals surface area contributed by atoms with Crippen molar-refractivity contribution in [3.63, 3.8) is 0 Å². The summed E-state index contributed by atoms with van der Waals surface area (Å²) in [5, 5.41) is 13.6. The highest BCUT2D eigenvalue weighted by Gasteiger charge is 2.40. The summed E-state index contributed by atoms with van der Waals surface area (Å²) in [7, 11) is 0. The van der Waals surface area contributed by atoms with Crippen molar-refractivity contribution in [1.29, 1.82) is 0 Å². The van der Waals surface area contributed by atoms with Crippen LogP contribution < -0.4 is 5.32 Å². The van der Waals surface area contributed by atoms with Crippen molar-refractivity contribution in [1.82, 2.24) is 20.0 Å². The molecule has 212 valence electrons. The monoisotopic (exact) mass is 548 g/mol. The number of aliphatic hydroxyl groups is 1. The van der Waals surface area contributed by atoms with E-state index in [2.05, 4.69) is 10.2 Å². The van der Waals surface area contributed by atoms with E-state index in [0.29, 0.717) is 41.8 Å². The van der Waals surface area contributed by atoms with Crippen LogP contribution in [-0.4, -0.2) is 81.4 Å². The van der Waals surface area contributed by atoms with Crippen molar-refractivity contribution in [3.8, 4) is 0 Å². The Kier molecular flexibility index (Phi) is 7.65. The molecule has 0 spiro atoms. The Morgan fingerprint density at radius 3 is 2.40 bits per heavy atom. The topological polar surface area (TPSA) is 119 Å². The number of carbonyl (C=O) groups is 4. The van der Waals surface area contributed by atoms with Gasteiger partial charge in [-0.15, -0.1) is 0 Å². The van der Waals surface area contributed by atoms with Gasteiger partial charge in [-0.1, -0.05) is 36.4 Å². The first-order valence-electron chi connectivity index (χ1n) is 13.7. The fourth-order valence-corrected chi connectivity index (χ4v) is 5.52. The largest absolute Gasteiger partial charge is 0.444 e. The molecule has 3 heterocycles. The molecular weight excluding hydrogens is 512 g/mol. The number of benzene rings is 2. The molecule has 3 aliphatic rings. The number of ether oxygens (including phenoxy) is 1. The van der Waals surface area contributed by atoms with E-state index in [4.69, 9.17) is 4.74 Å². The van der Waals surface area contributed by atoms with Gasteiger partial charge < -0.3 is 19.6 Å². The fraction of sp³-hybridized carbons (Fsp3) is 0.467. The maximum atomic E-state index is 13.1. The second kappa shape index (κ2) is 11.0. The normalized spacial score (nSPS) is 20.8. The lowest BCUT2D eigenvalue weighted by Gasteiger charge is -2.35. The number of aliphatic hydroxyl groups excluding tert-OH is 1. The second-order valence-electron chi connectivity index (χ2n) is 11.7. The Morgan fingerprint density at radius 1 is 1.05 bits per heavy atom. The van der Waals surface area contributed by atoms with Crippen LogP contribution in [0.4, 0.5) is 4.79 Å². The molecule has 4 amide bonds. The molecule has 2 saturated heterocycles. The van der Waals surface area contributed by atoms with Gasteiger partial charge in [0.1, 0.15) is 17.7 Å². The molecule has 2 aromatic rings. The molecule has 2 fully saturated rings. The molecule has 0 bridgehead atoms. The van der Waals surface area contributed by atoms with Crippen molar-refractivity contribution < 1.29 is 29.0 Å². The van der Waals surface area contributed by atoms with E-state index in [-0.39, 0.29) is 30.9 Å². The molecule has 2 aromatic carbocycles. The molecule has 2 N–H and O–H groups in total. The third-order valence-corrected chi connectivity index (χ3v) is 7.64. The van der Waals surface area contributed by atoms with Gasteiger partial charge in [-0.2, -0.15) is 0 Å². The predicted molar refractivity (Wildman–Crippen MR) is 146 cm³/mol. The fourth-order valence-electron chi connectivity index (χ4n) is 5.52. The first-order chi connectivity index (χ1) is 19.0. The molecule has 2 atom stereocenters. The van der Waals surface area contributed by atoms with Gasteiger partial charge in [0.05, 0.1) is 0 Å². The Hall–Kier alpha value is -3.76. The minimum Gasteiger partial charge on any atom is -0.444 e. The van der Waals surface area contributed by atoms with E-state index in [1.807, 2.05) is 51.1 Å². The third kappa shape index (κ3) is 5.88. The number of piperazine rings is 1. The molecule has 0 saturated carbocycles. The molecule has 2 unspecified atom stereocenters. The Labute approximate surface area is 233 Å². The Balaban J connectivity index is 1.21. The zero-order valence-electron chi connectivity index (χ0n) is 23.2. The minimum absolute atomic E-state index is 0.192. The van der Waals surface area contributed by atoms with Crippen LogP contribution in [-0.2, 0) is 27.4 Å². The van der Waals surface area contributed by atoms with Gasteiger partial charge in [0.2, 0.25) is 11.8 Å². The predicted octanol–water partition coefficient (Wildman–Crippen LogP) is 2.58. The van der Waals surface area contributed by atoms with Crippen LogP contribution in [0.15, 0.2) is 42.5 Å². The van der Waals surface area contributed by atoms with Crippen molar-refractivity contribution in [2.45, 2.75) is 64.4 Å². The van der Waals surface area contributed by atoms with E-state index in [9.17, 15) is 24.3 Å². The summed E-state index contributed by atoms with van der Waals surface area (Å²) in [4.78, 5) is 54.9. The number of piperidine rings is 1. The summed E-state index contributed by atoms with van der Waals surface area (Å²) >= 11 is 0. The van der Waals surface area contributed by atoms with Crippen LogP contribution in [0.5, 0.6) is 0 Å². The first kappa shape index (κ1) is 27.8. The zero-order valence-corrected chi connectivity index (χ0v) is 23.2. The molecule has 40 heavy (non-hydrogen) atoms. The van der Waals surface area contributed by atoms with Crippen molar-refractivity contribution in [2.24, 2.45) is 0 Å². The summed E-state index contributed by atoms with van der Waals surface area (Å²) < 4.78 is 5.48. The van der Waals surface area contributed by atoms with E-state index >= 15 is 0 Å². The quantitative estimate of drug-likeness (QED) is 0.551. The van der Waals surface area contributed by atoms with Gasteiger partial charge in [-0.25, -0.2) is 4.79 Å². The molecule has 0 aromatic heterocycles. The van der Waals surface area contributed by atoms with E-state index in [1.54, 1.807) is 17.0 Å². The average Bonchev–Trinajstić information content (AvgIpc) is 3.24. The maximum absolute atomic E-state index is 13.1. The molecule has 10 nitrogen and oxygen atoms in total. The second-order valence-corrected chi connectivity index (χ2v) is 11.7. The number of nitrogens with zero attached hydrogens (tertiary/aromatic N) is 3. The van der Waals surface area contributed by atoms with E-state index in [0.717, 1.165) is 25.2 Å². The average molecular weight is 549 g/mol.